The molecule has 0 aliphatic heterocycles. The molecule has 0 amide bonds. The van der Waals surface area contributed by atoms with E-state index < -0.39 is 0 Å². The van der Waals surface area contributed by atoms with E-state index in [1.807, 2.05) is 6.08 Å². The maximum absolute atomic E-state index is 3.98. The highest BCUT2D eigenvalue weighted by Crippen LogP contribution is 2.46. The van der Waals surface area contributed by atoms with Gasteiger partial charge in [-0.2, -0.15) is 0 Å². The molecule has 0 saturated carbocycles. The molecule has 0 heteroatoms. The van der Waals surface area contributed by atoms with Crippen LogP contribution in [0.1, 0.15) is 38.3 Å². The van der Waals surface area contributed by atoms with Gasteiger partial charge in [0.1, 0.15) is 0 Å². The van der Waals surface area contributed by atoms with E-state index in [1.54, 1.807) is 0 Å². The lowest BCUT2D eigenvalue weighted by atomic mass is 9.58. The fraction of sp³-hybridized carbons (Fsp3) is 0.300. The van der Waals surface area contributed by atoms with E-state index in [0.29, 0.717) is 0 Å². The maximum Gasteiger partial charge on any atom is 0.00505 e. The lowest BCUT2D eigenvalue weighted by molar-refractivity contribution is 0.278. The van der Waals surface area contributed by atoms with Gasteiger partial charge in [-0.25, -0.2) is 0 Å². The van der Waals surface area contributed by atoms with E-state index >= 15 is 0 Å². The molecule has 0 radical (unpaired) electrons. The fourth-order valence-electron chi connectivity index (χ4n) is 3.00. The first-order valence-electron chi connectivity index (χ1n) is 7.24. The summed E-state index contributed by atoms with van der Waals surface area (Å²) >= 11 is 0. The van der Waals surface area contributed by atoms with E-state index in [2.05, 4.69) is 88.0 Å². The van der Waals surface area contributed by atoms with Crippen molar-refractivity contribution in [1.29, 1.82) is 0 Å². The third kappa shape index (κ3) is 2.43. The van der Waals surface area contributed by atoms with Crippen molar-refractivity contribution < 1.29 is 0 Å². The van der Waals surface area contributed by atoms with Crippen LogP contribution in [-0.4, -0.2) is 0 Å². The summed E-state index contributed by atoms with van der Waals surface area (Å²) in [7, 11) is 0. The highest BCUT2D eigenvalue weighted by atomic mass is 14.4. The Kier molecular flexibility index (Phi) is 4.13. The van der Waals surface area contributed by atoms with Crippen LogP contribution in [0.3, 0.4) is 0 Å². The molecule has 20 heavy (non-hydrogen) atoms. The summed E-state index contributed by atoms with van der Waals surface area (Å²) in [6, 6.07) is 21.6. The zero-order chi connectivity index (χ0) is 14.6. The average molecular weight is 264 g/mol. The monoisotopic (exact) mass is 264 g/mol. The first-order chi connectivity index (χ1) is 9.52. The molecular formula is C20H24. The van der Waals surface area contributed by atoms with E-state index in [1.165, 1.54) is 11.1 Å². The van der Waals surface area contributed by atoms with Crippen LogP contribution < -0.4 is 0 Å². The molecular weight excluding hydrogens is 240 g/mol. The highest BCUT2D eigenvalue weighted by Gasteiger charge is 2.42. The average Bonchev–Trinajstić information content (AvgIpc) is 2.49. The van der Waals surface area contributed by atoms with Gasteiger partial charge in [-0.3, -0.25) is 0 Å². The van der Waals surface area contributed by atoms with Crippen LogP contribution in [0.4, 0.5) is 0 Å². The van der Waals surface area contributed by atoms with Crippen LogP contribution >= 0.6 is 0 Å². The van der Waals surface area contributed by atoms with Gasteiger partial charge in [-0.15, -0.1) is 6.58 Å². The molecule has 0 heterocycles. The van der Waals surface area contributed by atoms with Crippen LogP contribution in [0.25, 0.3) is 0 Å². The SMILES string of the molecule is C=CCC(C)(c1ccccc1)C(C)(C)c1ccccc1. The van der Waals surface area contributed by atoms with Crippen LogP contribution in [0, 0.1) is 0 Å². The molecule has 104 valence electrons. The minimum atomic E-state index is 0.0252. The third-order valence-corrected chi connectivity index (χ3v) is 4.84. The van der Waals surface area contributed by atoms with Gasteiger partial charge in [-0.1, -0.05) is 87.5 Å². The molecule has 0 aromatic heterocycles. The fourth-order valence-corrected chi connectivity index (χ4v) is 3.00. The molecule has 0 fully saturated rings. The van der Waals surface area contributed by atoms with Crippen LogP contribution in [-0.2, 0) is 10.8 Å². The van der Waals surface area contributed by atoms with Gasteiger partial charge < -0.3 is 0 Å². The Morgan fingerprint density at radius 2 is 1.25 bits per heavy atom. The molecule has 0 nitrogen and oxygen atoms in total. The first-order valence-corrected chi connectivity index (χ1v) is 7.24. The van der Waals surface area contributed by atoms with Crippen molar-refractivity contribution in [2.75, 3.05) is 0 Å². The Morgan fingerprint density at radius 3 is 1.70 bits per heavy atom. The molecule has 0 N–H and O–H groups in total. The highest BCUT2D eigenvalue weighted by molar-refractivity contribution is 5.37. The van der Waals surface area contributed by atoms with Crippen LogP contribution in [0.5, 0.6) is 0 Å². The Bertz CT molecular complexity index is 551. The zero-order valence-corrected chi connectivity index (χ0v) is 12.8. The van der Waals surface area contributed by atoms with Crippen molar-refractivity contribution >= 4 is 0 Å². The molecule has 0 aliphatic carbocycles. The quantitative estimate of drug-likeness (QED) is 0.626. The minimum Gasteiger partial charge on any atom is -0.103 e. The van der Waals surface area contributed by atoms with Crippen molar-refractivity contribution in [3.05, 3.63) is 84.4 Å². The summed E-state index contributed by atoms with van der Waals surface area (Å²) < 4.78 is 0. The maximum atomic E-state index is 3.98. The molecule has 0 bridgehead atoms. The number of benzene rings is 2. The second-order valence-electron chi connectivity index (χ2n) is 6.18. The lowest BCUT2D eigenvalue weighted by Crippen LogP contribution is -2.42. The summed E-state index contributed by atoms with van der Waals surface area (Å²) in [5.41, 5.74) is 2.79. The predicted octanol–water partition coefficient (Wildman–Crippen LogP) is 5.50. The molecule has 0 saturated heterocycles. The Balaban J connectivity index is 2.55. The van der Waals surface area contributed by atoms with Gasteiger partial charge in [0.25, 0.3) is 0 Å². The standard InChI is InChI=1S/C20H24/c1-5-16-20(4,18-14-10-7-11-15-18)19(2,3)17-12-8-6-9-13-17/h5-15H,1,16H2,2-4H3. The summed E-state index contributed by atoms with van der Waals surface area (Å²) in [4.78, 5) is 0. The number of allylic oxidation sites excluding steroid dienone is 1. The van der Waals surface area contributed by atoms with Gasteiger partial charge in [0.05, 0.1) is 0 Å². The Labute approximate surface area is 123 Å². The molecule has 2 aromatic rings. The molecule has 1 atom stereocenters. The van der Waals surface area contributed by atoms with Crippen molar-refractivity contribution in [2.45, 2.75) is 38.0 Å². The summed E-state index contributed by atoms with van der Waals surface area (Å²) in [6.45, 7) is 11.0. The van der Waals surface area contributed by atoms with E-state index in [4.69, 9.17) is 0 Å². The summed E-state index contributed by atoms with van der Waals surface area (Å²) in [5.74, 6) is 0. The van der Waals surface area contributed by atoms with E-state index in [-0.39, 0.29) is 10.8 Å². The molecule has 2 rings (SSSR count). The van der Waals surface area contributed by atoms with Crippen molar-refractivity contribution in [3.63, 3.8) is 0 Å². The van der Waals surface area contributed by atoms with Gasteiger partial charge in [0.2, 0.25) is 0 Å². The largest absolute Gasteiger partial charge is 0.103 e. The van der Waals surface area contributed by atoms with Crippen LogP contribution in [0.2, 0.25) is 0 Å². The van der Waals surface area contributed by atoms with Crippen molar-refractivity contribution in [1.82, 2.24) is 0 Å². The lowest BCUT2D eigenvalue weighted by Gasteiger charge is -2.45. The number of hydrogen-bond donors (Lipinski definition) is 0. The van der Waals surface area contributed by atoms with Gasteiger partial charge in [0.15, 0.2) is 0 Å². The molecule has 2 aromatic carbocycles. The smallest absolute Gasteiger partial charge is 0.00505 e. The Morgan fingerprint density at radius 1 is 0.800 bits per heavy atom. The van der Waals surface area contributed by atoms with Crippen molar-refractivity contribution in [3.8, 4) is 0 Å². The second kappa shape index (κ2) is 5.66. The second-order valence-corrected chi connectivity index (χ2v) is 6.18. The normalized spacial score (nSPS) is 14.6. The summed E-state index contributed by atoms with van der Waals surface area (Å²) in [5, 5.41) is 0. The Hall–Kier alpha value is -1.82. The molecule has 0 spiro atoms. The van der Waals surface area contributed by atoms with Gasteiger partial charge >= 0.3 is 0 Å². The number of hydrogen-bond acceptors (Lipinski definition) is 0. The minimum absolute atomic E-state index is 0.0252. The zero-order valence-electron chi connectivity index (χ0n) is 12.8. The molecule has 1 unspecified atom stereocenters. The third-order valence-electron chi connectivity index (χ3n) is 4.84. The number of rotatable bonds is 5. The van der Waals surface area contributed by atoms with Crippen molar-refractivity contribution in [2.24, 2.45) is 0 Å². The summed E-state index contributed by atoms with van der Waals surface area (Å²) in [6.07, 6.45) is 3.00. The predicted molar refractivity (Wildman–Crippen MR) is 88.1 cm³/mol. The topological polar surface area (TPSA) is 0 Å². The van der Waals surface area contributed by atoms with Gasteiger partial charge in [0, 0.05) is 5.41 Å². The van der Waals surface area contributed by atoms with Gasteiger partial charge in [-0.05, 0) is 23.0 Å². The molecule has 0 aliphatic rings. The van der Waals surface area contributed by atoms with E-state index in [9.17, 15) is 0 Å². The van der Waals surface area contributed by atoms with Crippen LogP contribution in [0.15, 0.2) is 73.3 Å². The first kappa shape index (κ1) is 14.6. The van der Waals surface area contributed by atoms with E-state index in [0.717, 1.165) is 6.42 Å².